The molecule has 2 rings (SSSR count). The Morgan fingerprint density at radius 3 is 2.80 bits per heavy atom. The Morgan fingerprint density at radius 2 is 2.13 bits per heavy atom. The lowest BCUT2D eigenvalue weighted by atomic mass is 10.2. The molecule has 0 radical (unpaired) electrons. The Balaban J connectivity index is 2.88. The molecule has 0 spiro atoms. The third-order valence-electron chi connectivity index (χ3n) is 2.39. The summed E-state index contributed by atoms with van der Waals surface area (Å²) in [6.07, 6.45) is 0.723. The average molecular weight is 203 g/mol. The fraction of sp³-hybridized carbons (Fsp3) is 0.273. The van der Waals surface area contributed by atoms with E-state index in [1.165, 1.54) is 4.68 Å². The van der Waals surface area contributed by atoms with Gasteiger partial charge in [0.25, 0.3) is 5.56 Å². The molecule has 0 aliphatic heterocycles. The highest BCUT2D eigenvalue weighted by molar-refractivity contribution is 5.77. The molecule has 0 bridgehead atoms. The smallest absolute Gasteiger partial charge is 0.279 e. The molecule has 1 aromatic heterocycles. The van der Waals surface area contributed by atoms with E-state index >= 15 is 0 Å². The van der Waals surface area contributed by atoms with Crippen molar-refractivity contribution in [3.8, 4) is 0 Å². The first-order valence-electron chi connectivity index (χ1n) is 4.96. The lowest BCUT2D eigenvalue weighted by Gasteiger charge is -2.10. The first-order valence-corrected chi connectivity index (χ1v) is 4.96. The van der Waals surface area contributed by atoms with Crippen LogP contribution in [0, 0.1) is 0 Å². The topological polar surface area (TPSA) is 46.9 Å². The number of aryl methyl sites for hydroxylation is 1. The van der Waals surface area contributed by atoms with Crippen molar-refractivity contribution in [2.75, 3.05) is 12.5 Å². The first kappa shape index (κ1) is 9.71. The second-order valence-electron chi connectivity index (χ2n) is 3.26. The molecular formula is C11H13N3O. The van der Waals surface area contributed by atoms with Crippen molar-refractivity contribution < 1.29 is 0 Å². The zero-order valence-corrected chi connectivity index (χ0v) is 8.82. The average Bonchev–Trinajstić information content (AvgIpc) is 2.29. The maximum absolute atomic E-state index is 12.0. The van der Waals surface area contributed by atoms with Gasteiger partial charge in [-0.25, -0.2) is 9.66 Å². The molecule has 15 heavy (non-hydrogen) atoms. The van der Waals surface area contributed by atoms with E-state index in [-0.39, 0.29) is 5.56 Å². The highest BCUT2D eigenvalue weighted by atomic mass is 16.1. The van der Waals surface area contributed by atoms with Crippen molar-refractivity contribution in [2.24, 2.45) is 0 Å². The third-order valence-corrected chi connectivity index (χ3v) is 2.39. The largest absolute Gasteiger partial charge is 0.325 e. The van der Waals surface area contributed by atoms with E-state index in [1.807, 2.05) is 25.1 Å². The monoisotopic (exact) mass is 203 g/mol. The van der Waals surface area contributed by atoms with Gasteiger partial charge in [-0.2, -0.15) is 0 Å². The standard InChI is InChI=1S/C11H13N3O/c1-3-10-13-9-7-5-4-6-8(9)11(15)14(10)12-2/h4-7,12H,3H2,1-2H3. The van der Waals surface area contributed by atoms with Crippen molar-refractivity contribution >= 4 is 10.9 Å². The molecule has 0 atom stereocenters. The molecule has 1 aromatic carbocycles. The number of para-hydroxylation sites is 1. The number of fused-ring (bicyclic) bond motifs is 1. The number of aromatic nitrogens is 2. The van der Waals surface area contributed by atoms with Gasteiger partial charge >= 0.3 is 0 Å². The highest BCUT2D eigenvalue weighted by Gasteiger charge is 2.07. The Labute approximate surface area is 87.5 Å². The SMILES string of the molecule is CCc1nc2ccccc2c(=O)n1NC. The zero-order valence-electron chi connectivity index (χ0n) is 8.82. The summed E-state index contributed by atoms with van der Waals surface area (Å²) in [7, 11) is 1.72. The molecule has 4 heteroatoms. The van der Waals surface area contributed by atoms with E-state index in [0.717, 1.165) is 17.8 Å². The molecule has 0 saturated carbocycles. The normalized spacial score (nSPS) is 10.5. The van der Waals surface area contributed by atoms with Crippen LogP contribution in [0.25, 0.3) is 10.9 Å². The van der Waals surface area contributed by atoms with Crippen LogP contribution in [0.1, 0.15) is 12.7 Å². The third kappa shape index (κ3) is 1.48. The molecule has 0 unspecified atom stereocenters. The molecule has 0 aliphatic rings. The quantitative estimate of drug-likeness (QED) is 0.796. The molecule has 78 valence electrons. The second kappa shape index (κ2) is 3.73. The second-order valence-corrected chi connectivity index (χ2v) is 3.26. The van der Waals surface area contributed by atoms with E-state index in [9.17, 15) is 4.79 Å². The Hall–Kier alpha value is -1.84. The van der Waals surface area contributed by atoms with Crippen LogP contribution < -0.4 is 11.0 Å². The minimum atomic E-state index is -0.0417. The number of hydrogen-bond donors (Lipinski definition) is 1. The van der Waals surface area contributed by atoms with Gasteiger partial charge in [0.1, 0.15) is 5.82 Å². The molecule has 0 fully saturated rings. The van der Waals surface area contributed by atoms with Crippen LogP contribution in [0.4, 0.5) is 0 Å². The van der Waals surface area contributed by atoms with Gasteiger partial charge in [0.05, 0.1) is 10.9 Å². The maximum Gasteiger partial charge on any atom is 0.279 e. The lowest BCUT2D eigenvalue weighted by molar-refractivity contribution is 0.764. The predicted octanol–water partition coefficient (Wildman–Crippen LogP) is 1.13. The van der Waals surface area contributed by atoms with Crippen LogP contribution in [-0.4, -0.2) is 16.7 Å². The van der Waals surface area contributed by atoms with Crippen molar-refractivity contribution in [3.63, 3.8) is 0 Å². The maximum atomic E-state index is 12.0. The van der Waals surface area contributed by atoms with Crippen molar-refractivity contribution in [2.45, 2.75) is 13.3 Å². The Kier molecular flexibility index (Phi) is 2.41. The summed E-state index contributed by atoms with van der Waals surface area (Å²) in [5.41, 5.74) is 3.56. The predicted molar refractivity (Wildman–Crippen MR) is 60.7 cm³/mol. The van der Waals surface area contributed by atoms with Gasteiger partial charge in [-0.3, -0.25) is 4.79 Å². The van der Waals surface area contributed by atoms with Crippen LogP contribution in [0.15, 0.2) is 29.1 Å². The molecule has 1 N–H and O–H groups in total. The molecule has 1 heterocycles. The van der Waals surface area contributed by atoms with Crippen LogP contribution in [0.5, 0.6) is 0 Å². The Morgan fingerprint density at radius 1 is 1.40 bits per heavy atom. The molecule has 2 aromatic rings. The van der Waals surface area contributed by atoms with E-state index < -0.39 is 0 Å². The van der Waals surface area contributed by atoms with Gasteiger partial charge in [-0.05, 0) is 12.1 Å². The summed E-state index contributed by atoms with van der Waals surface area (Å²) >= 11 is 0. The van der Waals surface area contributed by atoms with Gasteiger partial charge in [-0.15, -0.1) is 0 Å². The summed E-state index contributed by atoms with van der Waals surface area (Å²) in [6.45, 7) is 1.98. The molecule has 4 nitrogen and oxygen atoms in total. The summed E-state index contributed by atoms with van der Waals surface area (Å²) in [5, 5.41) is 0.643. The van der Waals surface area contributed by atoms with Gasteiger partial charge < -0.3 is 5.43 Å². The lowest BCUT2D eigenvalue weighted by Crippen LogP contribution is -2.30. The molecule has 0 aliphatic carbocycles. The van der Waals surface area contributed by atoms with Crippen LogP contribution in [0.2, 0.25) is 0 Å². The summed E-state index contributed by atoms with van der Waals surface area (Å²) in [5.74, 6) is 0.751. The molecule has 0 amide bonds. The number of benzene rings is 1. The van der Waals surface area contributed by atoms with Gasteiger partial charge in [0, 0.05) is 13.5 Å². The minimum Gasteiger partial charge on any atom is -0.325 e. The van der Waals surface area contributed by atoms with Gasteiger partial charge in [-0.1, -0.05) is 19.1 Å². The van der Waals surface area contributed by atoms with Gasteiger partial charge in [0.15, 0.2) is 0 Å². The van der Waals surface area contributed by atoms with E-state index in [1.54, 1.807) is 13.1 Å². The number of nitrogens with one attached hydrogen (secondary N) is 1. The highest BCUT2D eigenvalue weighted by Crippen LogP contribution is 2.06. The van der Waals surface area contributed by atoms with E-state index in [4.69, 9.17) is 0 Å². The van der Waals surface area contributed by atoms with Crippen LogP contribution in [-0.2, 0) is 6.42 Å². The molecular weight excluding hydrogens is 190 g/mol. The minimum absolute atomic E-state index is 0.0417. The number of nitrogens with zero attached hydrogens (tertiary/aromatic N) is 2. The van der Waals surface area contributed by atoms with Crippen LogP contribution >= 0.6 is 0 Å². The Bertz CT molecular complexity index is 545. The fourth-order valence-corrected chi connectivity index (χ4v) is 1.65. The summed E-state index contributed by atoms with van der Waals surface area (Å²) < 4.78 is 1.49. The van der Waals surface area contributed by atoms with E-state index in [2.05, 4.69) is 10.4 Å². The first-order chi connectivity index (χ1) is 7.27. The van der Waals surface area contributed by atoms with Crippen LogP contribution in [0.3, 0.4) is 0 Å². The van der Waals surface area contributed by atoms with Crippen molar-refractivity contribution in [1.82, 2.24) is 9.66 Å². The molecule has 0 saturated heterocycles. The fourth-order valence-electron chi connectivity index (χ4n) is 1.65. The van der Waals surface area contributed by atoms with Gasteiger partial charge in [0.2, 0.25) is 0 Å². The van der Waals surface area contributed by atoms with Crippen molar-refractivity contribution in [3.05, 3.63) is 40.4 Å². The van der Waals surface area contributed by atoms with E-state index in [0.29, 0.717) is 5.39 Å². The summed E-state index contributed by atoms with van der Waals surface area (Å²) in [4.78, 5) is 16.4. The number of hydrogen-bond acceptors (Lipinski definition) is 3. The van der Waals surface area contributed by atoms with Crippen molar-refractivity contribution in [1.29, 1.82) is 0 Å². The number of rotatable bonds is 2. The summed E-state index contributed by atoms with van der Waals surface area (Å²) in [6, 6.07) is 7.38. The zero-order chi connectivity index (χ0) is 10.8.